The van der Waals surface area contributed by atoms with E-state index in [2.05, 4.69) is 0 Å². The number of rotatable bonds is 4. The normalized spacial score (nSPS) is 22.2. The number of Topliss-reactive ketones (excluding diaryl/α,β-unsaturated/α-hetero) is 1. The number of ether oxygens (including phenoxy) is 1. The third kappa shape index (κ3) is 3.89. The van der Waals surface area contributed by atoms with Crippen molar-refractivity contribution in [3.8, 4) is 0 Å². The SMILES string of the molecule is C/C=C/C(=O)OCC1=C[C@H](O)[C@@H](c2ccccc2)CC1=O. The maximum atomic E-state index is 12.1. The van der Waals surface area contributed by atoms with Crippen molar-refractivity contribution < 1.29 is 19.4 Å². The van der Waals surface area contributed by atoms with Crippen LogP contribution in [0.25, 0.3) is 0 Å². The fourth-order valence-corrected chi connectivity index (χ4v) is 2.34. The predicted octanol–water partition coefficient (Wildman–Crippen LogP) is 2.15. The summed E-state index contributed by atoms with van der Waals surface area (Å²) in [4.78, 5) is 23.4. The second-order valence-electron chi connectivity index (χ2n) is 4.93. The van der Waals surface area contributed by atoms with Crippen molar-refractivity contribution >= 4 is 11.8 Å². The van der Waals surface area contributed by atoms with Crippen LogP contribution in [0.15, 0.2) is 54.1 Å². The Balaban J connectivity index is 2.06. The fraction of sp³-hybridized carbons (Fsp3) is 0.294. The van der Waals surface area contributed by atoms with Crippen LogP contribution in [0.3, 0.4) is 0 Å². The third-order valence-corrected chi connectivity index (χ3v) is 3.45. The Morgan fingerprint density at radius 2 is 2.10 bits per heavy atom. The van der Waals surface area contributed by atoms with Gasteiger partial charge in [0, 0.05) is 24.0 Å². The van der Waals surface area contributed by atoms with E-state index in [0.29, 0.717) is 5.57 Å². The highest BCUT2D eigenvalue weighted by Gasteiger charge is 2.30. The second-order valence-corrected chi connectivity index (χ2v) is 4.93. The van der Waals surface area contributed by atoms with Crippen molar-refractivity contribution in [2.75, 3.05) is 6.61 Å². The Morgan fingerprint density at radius 3 is 2.76 bits per heavy atom. The molecule has 21 heavy (non-hydrogen) atoms. The number of aliphatic hydroxyl groups excluding tert-OH is 1. The third-order valence-electron chi connectivity index (χ3n) is 3.45. The van der Waals surface area contributed by atoms with Crippen LogP contribution >= 0.6 is 0 Å². The first-order valence-corrected chi connectivity index (χ1v) is 6.88. The Bertz CT molecular complexity index is 572. The highest BCUT2D eigenvalue weighted by Crippen LogP contribution is 2.30. The van der Waals surface area contributed by atoms with Crippen molar-refractivity contribution in [3.63, 3.8) is 0 Å². The monoisotopic (exact) mass is 286 g/mol. The molecule has 2 rings (SSSR count). The van der Waals surface area contributed by atoms with Gasteiger partial charge in [-0.25, -0.2) is 4.79 Å². The highest BCUT2D eigenvalue weighted by atomic mass is 16.5. The van der Waals surface area contributed by atoms with Gasteiger partial charge >= 0.3 is 5.97 Å². The number of carbonyl (C=O) groups is 2. The Labute approximate surface area is 123 Å². The maximum Gasteiger partial charge on any atom is 0.330 e. The number of aliphatic hydroxyl groups is 1. The van der Waals surface area contributed by atoms with Gasteiger partial charge in [-0.2, -0.15) is 0 Å². The Morgan fingerprint density at radius 1 is 1.38 bits per heavy atom. The molecule has 0 bridgehead atoms. The molecular formula is C17H18O4. The lowest BCUT2D eigenvalue weighted by molar-refractivity contribution is -0.137. The van der Waals surface area contributed by atoms with Gasteiger partial charge in [0.05, 0.1) is 6.10 Å². The number of carbonyl (C=O) groups excluding carboxylic acids is 2. The summed E-state index contributed by atoms with van der Waals surface area (Å²) < 4.78 is 4.96. The average Bonchev–Trinajstić information content (AvgIpc) is 2.49. The number of ketones is 1. The van der Waals surface area contributed by atoms with Gasteiger partial charge in [-0.1, -0.05) is 36.4 Å². The van der Waals surface area contributed by atoms with Crippen molar-refractivity contribution in [2.24, 2.45) is 0 Å². The number of benzene rings is 1. The van der Waals surface area contributed by atoms with Crippen molar-refractivity contribution in [1.29, 1.82) is 0 Å². The van der Waals surface area contributed by atoms with Gasteiger partial charge in [0.25, 0.3) is 0 Å². The Hall–Kier alpha value is -2.20. The van der Waals surface area contributed by atoms with E-state index in [0.717, 1.165) is 5.56 Å². The topological polar surface area (TPSA) is 63.6 Å². The van der Waals surface area contributed by atoms with Crippen LogP contribution < -0.4 is 0 Å². The van der Waals surface area contributed by atoms with E-state index in [1.807, 2.05) is 30.3 Å². The number of allylic oxidation sites excluding steroid dienone is 1. The number of hydrogen-bond acceptors (Lipinski definition) is 4. The molecule has 1 aromatic rings. The maximum absolute atomic E-state index is 12.1. The lowest BCUT2D eigenvalue weighted by Gasteiger charge is -2.26. The molecule has 110 valence electrons. The van der Waals surface area contributed by atoms with E-state index in [1.165, 1.54) is 12.2 Å². The van der Waals surface area contributed by atoms with Gasteiger partial charge in [0.1, 0.15) is 6.61 Å². The molecule has 0 unspecified atom stereocenters. The number of esters is 1. The first-order valence-electron chi connectivity index (χ1n) is 6.88. The molecule has 0 heterocycles. The van der Waals surface area contributed by atoms with E-state index in [1.54, 1.807) is 13.0 Å². The molecule has 0 amide bonds. The second kappa shape index (κ2) is 6.99. The standard InChI is InChI=1S/C17H18O4/c1-2-6-17(20)21-11-13-9-16(19)14(10-15(13)18)12-7-4-3-5-8-12/h2-9,14,16,19H,10-11H2,1H3/b6-2+/t14-,16+/m1/s1. The lowest BCUT2D eigenvalue weighted by atomic mass is 9.82. The van der Waals surface area contributed by atoms with Crippen molar-refractivity contribution in [2.45, 2.75) is 25.4 Å². The van der Waals surface area contributed by atoms with Crippen molar-refractivity contribution in [3.05, 3.63) is 59.7 Å². The van der Waals surface area contributed by atoms with E-state index in [4.69, 9.17) is 4.74 Å². The predicted molar refractivity (Wildman–Crippen MR) is 78.7 cm³/mol. The highest BCUT2D eigenvalue weighted by molar-refractivity contribution is 5.97. The van der Waals surface area contributed by atoms with Gasteiger partial charge < -0.3 is 9.84 Å². The minimum Gasteiger partial charge on any atom is -0.458 e. The zero-order chi connectivity index (χ0) is 15.2. The van der Waals surface area contributed by atoms with Crippen LogP contribution in [0.4, 0.5) is 0 Å². The minimum atomic E-state index is -0.750. The molecule has 1 aliphatic rings. The van der Waals surface area contributed by atoms with E-state index < -0.39 is 12.1 Å². The molecule has 0 spiro atoms. The van der Waals surface area contributed by atoms with Gasteiger partial charge in [-0.3, -0.25) is 4.79 Å². The summed E-state index contributed by atoms with van der Waals surface area (Å²) in [6.07, 6.45) is 3.82. The molecule has 1 N–H and O–H groups in total. The first-order chi connectivity index (χ1) is 10.1. The zero-order valence-corrected chi connectivity index (χ0v) is 11.9. The van der Waals surface area contributed by atoms with Crippen LogP contribution in [-0.4, -0.2) is 29.6 Å². The molecular weight excluding hydrogens is 268 g/mol. The Kier molecular flexibility index (Phi) is 5.06. The minimum absolute atomic E-state index is 0.0950. The van der Waals surface area contributed by atoms with Crippen molar-refractivity contribution in [1.82, 2.24) is 0 Å². The van der Waals surface area contributed by atoms with Crippen LogP contribution in [-0.2, 0) is 14.3 Å². The molecule has 4 nitrogen and oxygen atoms in total. The molecule has 4 heteroatoms. The fourth-order valence-electron chi connectivity index (χ4n) is 2.34. The number of hydrogen-bond donors (Lipinski definition) is 1. The summed E-state index contributed by atoms with van der Waals surface area (Å²) in [5.41, 5.74) is 1.28. The van der Waals surface area contributed by atoms with Gasteiger partial charge in [0.2, 0.25) is 0 Å². The summed E-state index contributed by atoms with van der Waals surface area (Å²) in [6.45, 7) is 1.61. The van der Waals surface area contributed by atoms with Crippen LogP contribution in [0.2, 0.25) is 0 Å². The summed E-state index contributed by atoms with van der Waals surface area (Å²) in [5.74, 6) is -0.831. The quantitative estimate of drug-likeness (QED) is 0.680. The summed E-state index contributed by atoms with van der Waals surface area (Å²) >= 11 is 0. The first kappa shape index (κ1) is 15.2. The molecule has 0 saturated heterocycles. The largest absolute Gasteiger partial charge is 0.458 e. The molecule has 2 atom stereocenters. The molecule has 0 aromatic heterocycles. The summed E-state index contributed by atoms with van der Waals surface area (Å²) in [7, 11) is 0. The van der Waals surface area contributed by atoms with Gasteiger partial charge in [-0.05, 0) is 18.6 Å². The van der Waals surface area contributed by atoms with E-state index in [-0.39, 0.29) is 24.7 Å². The average molecular weight is 286 g/mol. The molecule has 1 aromatic carbocycles. The smallest absolute Gasteiger partial charge is 0.330 e. The molecule has 0 aliphatic heterocycles. The summed E-state index contributed by atoms with van der Waals surface area (Å²) in [5, 5.41) is 10.2. The van der Waals surface area contributed by atoms with Crippen LogP contribution in [0, 0.1) is 0 Å². The van der Waals surface area contributed by atoms with E-state index >= 15 is 0 Å². The van der Waals surface area contributed by atoms with Gasteiger partial charge in [-0.15, -0.1) is 0 Å². The zero-order valence-electron chi connectivity index (χ0n) is 11.9. The molecule has 0 radical (unpaired) electrons. The molecule has 0 fully saturated rings. The van der Waals surface area contributed by atoms with Crippen LogP contribution in [0.5, 0.6) is 0 Å². The molecule has 1 aliphatic carbocycles. The van der Waals surface area contributed by atoms with E-state index in [9.17, 15) is 14.7 Å². The summed E-state index contributed by atoms with van der Waals surface area (Å²) in [6, 6.07) is 9.44. The van der Waals surface area contributed by atoms with Gasteiger partial charge in [0.15, 0.2) is 5.78 Å². The lowest BCUT2D eigenvalue weighted by Crippen LogP contribution is -2.28. The van der Waals surface area contributed by atoms with Crippen LogP contribution in [0.1, 0.15) is 24.8 Å². The molecule has 0 saturated carbocycles.